The van der Waals surface area contributed by atoms with Gasteiger partial charge in [-0.05, 0) is 25.5 Å². The van der Waals surface area contributed by atoms with E-state index in [4.69, 9.17) is 10.5 Å². The minimum atomic E-state index is -0.243. The fourth-order valence-corrected chi connectivity index (χ4v) is 2.94. The monoisotopic (exact) mass is 292 g/mol. The minimum absolute atomic E-state index is 0.179. The van der Waals surface area contributed by atoms with E-state index in [1.807, 2.05) is 10.6 Å². The van der Waals surface area contributed by atoms with Gasteiger partial charge in [-0.3, -0.25) is 4.90 Å². The molecule has 0 saturated carbocycles. The van der Waals surface area contributed by atoms with Crippen LogP contribution in [0, 0.1) is 12.7 Å². The molecular weight excluding hydrogens is 271 g/mol. The van der Waals surface area contributed by atoms with Gasteiger partial charge in [0.1, 0.15) is 5.82 Å². The number of hydrogen-bond acceptors (Lipinski definition) is 4. The predicted octanol–water partition coefficient (Wildman–Crippen LogP) is 1.96. The highest BCUT2D eigenvalue weighted by molar-refractivity contribution is 5.79. The SMILES string of the molecule is Cc1cc2c(cc1F)nc(N)n2C(C)CN1CCOCC1. The molecule has 2 aromatic rings. The van der Waals surface area contributed by atoms with E-state index < -0.39 is 0 Å². The number of aromatic nitrogens is 2. The molecule has 1 saturated heterocycles. The summed E-state index contributed by atoms with van der Waals surface area (Å²) in [5.74, 6) is 0.198. The van der Waals surface area contributed by atoms with Gasteiger partial charge in [0.2, 0.25) is 5.95 Å². The average Bonchev–Trinajstić information content (AvgIpc) is 2.75. The van der Waals surface area contributed by atoms with Gasteiger partial charge in [0.25, 0.3) is 0 Å². The lowest BCUT2D eigenvalue weighted by molar-refractivity contribution is 0.0329. The molecule has 2 heterocycles. The van der Waals surface area contributed by atoms with Gasteiger partial charge in [0, 0.05) is 31.7 Å². The van der Waals surface area contributed by atoms with Crippen LogP contribution in [-0.4, -0.2) is 47.3 Å². The number of nitrogens with two attached hydrogens (primary N) is 1. The Morgan fingerprint density at radius 1 is 1.38 bits per heavy atom. The summed E-state index contributed by atoms with van der Waals surface area (Å²) in [4.78, 5) is 6.64. The summed E-state index contributed by atoms with van der Waals surface area (Å²) in [5.41, 5.74) is 8.17. The van der Waals surface area contributed by atoms with Crippen molar-refractivity contribution in [3.63, 3.8) is 0 Å². The van der Waals surface area contributed by atoms with Crippen LogP contribution in [0.2, 0.25) is 0 Å². The third-order valence-electron chi connectivity index (χ3n) is 4.06. The Morgan fingerprint density at radius 2 is 2.10 bits per heavy atom. The van der Waals surface area contributed by atoms with Gasteiger partial charge < -0.3 is 15.0 Å². The van der Waals surface area contributed by atoms with Gasteiger partial charge in [-0.1, -0.05) is 0 Å². The molecule has 1 fully saturated rings. The fraction of sp³-hybridized carbons (Fsp3) is 0.533. The maximum absolute atomic E-state index is 13.7. The number of rotatable bonds is 3. The van der Waals surface area contributed by atoms with Crippen LogP contribution in [0.5, 0.6) is 0 Å². The van der Waals surface area contributed by atoms with E-state index in [2.05, 4.69) is 16.8 Å². The van der Waals surface area contributed by atoms with Gasteiger partial charge in [-0.15, -0.1) is 0 Å². The first-order valence-corrected chi connectivity index (χ1v) is 7.30. The summed E-state index contributed by atoms with van der Waals surface area (Å²) in [6, 6.07) is 3.46. The van der Waals surface area contributed by atoms with Crippen molar-refractivity contribution in [2.45, 2.75) is 19.9 Å². The van der Waals surface area contributed by atoms with Crippen molar-refractivity contribution in [3.8, 4) is 0 Å². The van der Waals surface area contributed by atoms with Crippen molar-refractivity contribution < 1.29 is 9.13 Å². The second-order valence-electron chi connectivity index (χ2n) is 5.69. The highest BCUT2D eigenvalue weighted by atomic mass is 19.1. The Morgan fingerprint density at radius 3 is 2.81 bits per heavy atom. The highest BCUT2D eigenvalue weighted by Crippen LogP contribution is 2.25. The number of morpholine rings is 1. The van der Waals surface area contributed by atoms with E-state index in [-0.39, 0.29) is 11.9 Å². The van der Waals surface area contributed by atoms with Crippen LogP contribution >= 0.6 is 0 Å². The predicted molar refractivity (Wildman–Crippen MR) is 80.8 cm³/mol. The van der Waals surface area contributed by atoms with Crippen molar-refractivity contribution in [3.05, 3.63) is 23.5 Å². The van der Waals surface area contributed by atoms with Gasteiger partial charge in [0.05, 0.1) is 24.2 Å². The van der Waals surface area contributed by atoms with Crippen molar-refractivity contribution in [2.24, 2.45) is 0 Å². The van der Waals surface area contributed by atoms with Gasteiger partial charge in [-0.2, -0.15) is 0 Å². The summed E-state index contributed by atoms with van der Waals surface area (Å²) in [7, 11) is 0. The molecule has 1 aromatic heterocycles. The molecule has 0 radical (unpaired) electrons. The second-order valence-corrected chi connectivity index (χ2v) is 5.69. The number of benzene rings is 1. The Labute approximate surface area is 123 Å². The summed E-state index contributed by atoms with van der Waals surface area (Å²) >= 11 is 0. The summed E-state index contributed by atoms with van der Waals surface area (Å²) < 4.78 is 21.0. The van der Waals surface area contributed by atoms with E-state index in [0.717, 1.165) is 38.4 Å². The van der Waals surface area contributed by atoms with Crippen LogP contribution in [0.1, 0.15) is 18.5 Å². The fourth-order valence-electron chi connectivity index (χ4n) is 2.94. The summed E-state index contributed by atoms with van der Waals surface area (Å²) in [6.45, 7) is 8.18. The third kappa shape index (κ3) is 2.73. The molecule has 1 aliphatic rings. The zero-order chi connectivity index (χ0) is 15.0. The van der Waals surface area contributed by atoms with Gasteiger partial charge in [0.15, 0.2) is 0 Å². The first kappa shape index (κ1) is 14.3. The molecular formula is C15H21FN4O. The van der Waals surface area contributed by atoms with Crippen LogP contribution in [-0.2, 0) is 4.74 Å². The first-order valence-electron chi connectivity index (χ1n) is 7.30. The molecule has 21 heavy (non-hydrogen) atoms. The van der Waals surface area contributed by atoms with Gasteiger partial charge >= 0.3 is 0 Å². The molecule has 1 aliphatic heterocycles. The minimum Gasteiger partial charge on any atom is -0.379 e. The molecule has 0 amide bonds. The van der Waals surface area contributed by atoms with Crippen molar-refractivity contribution >= 4 is 17.0 Å². The Kier molecular flexibility index (Phi) is 3.82. The molecule has 2 N–H and O–H groups in total. The lowest BCUT2D eigenvalue weighted by Gasteiger charge is -2.30. The number of anilines is 1. The topological polar surface area (TPSA) is 56.3 Å². The normalized spacial score (nSPS) is 18.2. The number of imidazole rings is 1. The lowest BCUT2D eigenvalue weighted by Crippen LogP contribution is -2.39. The smallest absolute Gasteiger partial charge is 0.201 e. The zero-order valence-corrected chi connectivity index (χ0v) is 12.5. The quantitative estimate of drug-likeness (QED) is 0.939. The zero-order valence-electron chi connectivity index (χ0n) is 12.5. The maximum atomic E-state index is 13.7. The van der Waals surface area contributed by atoms with Crippen LogP contribution in [0.3, 0.4) is 0 Å². The Balaban J connectivity index is 1.91. The number of hydrogen-bond donors (Lipinski definition) is 1. The Bertz CT molecular complexity index is 649. The van der Waals surface area contributed by atoms with Crippen LogP contribution in [0.15, 0.2) is 12.1 Å². The molecule has 1 atom stereocenters. The number of halogens is 1. The van der Waals surface area contributed by atoms with E-state index in [9.17, 15) is 4.39 Å². The van der Waals surface area contributed by atoms with E-state index >= 15 is 0 Å². The van der Waals surface area contributed by atoms with Crippen LogP contribution < -0.4 is 5.73 Å². The molecule has 0 aliphatic carbocycles. The highest BCUT2D eigenvalue weighted by Gasteiger charge is 2.19. The number of ether oxygens (including phenoxy) is 1. The largest absolute Gasteiger partial charge is 0.379 e. The summed E-state index contributed by atoms with van der Waals surface area (Å²) in [5, 5.41) is 0. The van der Waals surface area contributed by atoms with Crippen molar-refractivity contribution in [2.75, 3.05) is 38.6 Å². The van der Waals surface area contributed by atoms with Crippen molar-refractivity contribution in [1.82, 2.24) is 14.5 Å². The maximum Gasteiger partial charge on any atom is 0.201 e. The molecule has 1 aromatic carbocycles. The Hall–Kier alpha value is -1.66. The van der Waals surface area contributed by atoms with Gasteiger partial charge in [-0.25, -0.2) is 9.37 Å². The number of fused-ring (bicyclic) bond motifs is 1. The first-order chi connectivity index (χ1) is 10.1. The van der Waals surface area contributed by atoms with E-state index in [1.54, 1.807) is 6.92 Å². The average molecular weight is 292 g/mol. The molecule has 6 heteroatoms. The summed E-state index contributed by atoms with van der Waals surface area (Å²) in [6.07, 6.45) is 0. The molecule has 0 bridgehead atoms. The third-order valence-corrected chi connectivity index (χ3v) is 4.06. The molecule has 3 rings (SSSR count). The van der Waals surface area contributed by atoms with E-state index in [0.29, 0.717) is 17.0 Å². The second kappa shape index (κ2) is 5.61. The number of nitrogens with zero attached hydrogens (tertiary/aromatic N) is 3. The van der Waals surface area contributed by atoms with Crippen LogP contribution in [0.25, 0.3) is 11.0 Å². The molecule has 1 unspecified atom stereocenters. The lowest BCUT2D eigenvalue weighted by atomic mass is 10.2. The number of nitrogen functional groups attached to an aromatic ring is 1. The van der Waals surface area contributed by atoms with Crippen LogP contribution in [0.4, 0.5) is 10.3 Å². The molecule has 114 valence electrons. The van der Waals surface area contributed by atoms with Crippen molar-refractivity contribution in [1.29, 1.82) is 0 Å². The van der Waals surface area contributed by atoms with E-state index in [1.165, 1.54) is 6.07 Å². The molecule has 0 spiro atoms. The number of aryl methyl sites for hydroxylation is 1. The molecule has 5 nitrogen and oxygen atoms in total. The standard InChI is InChI=1S/C15H21FN4O/c1-10-7-14-13(8-12(10)16)18-15(17)20(14)11(2)9-19-3-5-21-6-4-19/h7-8,11H,3-6,9H2,1-2H3,(H2,17,18).